The second kappa shape index (κ2) is 9.26. The van der Waals surface area contributed by atoms with Crippen molar-refractivity contribution < 1.29 is 19.1 Å². The van der Waals surface area contributed by atoms with E-state index in [9.17, 15) is 9.59 Å². The summed E-state index contributed by atoms with van der Waals surface area (Å²) < 4.78 is 13.1. The lowest BCUT2D eigenvalue weighted by molar-refractivity contribution is -0.143. The molecule has 0 aromatic heterocycles. The van der Waals surface area contributed by atoms with Gasteiger partial charge in [-0.25, -0.2) is 0 Å². The largest absolute Gasteiger partial charge is 0.425 e. The Hall–Kier alpha value is -2.93. The van der Waals surface area contributed by atoms with Crippen LogP contribution in [0.1, 0.15) is 41.5 Å². The highest BCUT2D eigenvalue weighted by atomic mass is 127. The first-order chi connectivity index (χ1) is 16.4. The van der Waals surface area contributed by atoms with Crippen LogP contribution in [0.5, 0.6) is 11.5 Å². The predicted octanol–water partition coefficient (Wildman–Crippen LogP) is 8.17. The molecule has 0 unspecified atom stereocenters. The van der Waals surface area contributed by atoms with E-state index in [0.29, 0.717) is 11.5 Å². The highest BCUT2D eigenvalue weighted by Gasteiger charge is 2.29. The molecule has 4 aromatic rings. The quantitative estimate of drug-likeness (QED) is 0.139. The highest BCUT2D eigenvalue weighted by molar-refractivity contribution is 14.1. The van der Waals surface area contributed by atoms with Gasteiger partial charge in [0, 0.05) is 14.7 Å². The zero-order valence-electron chi connectivity index (χ0n) is 20.9. The zero-order chi connectivity index (χ0) is 25.5. The normalized spacial score (nSPS) is 12.1. The molecule has 0 radical (unpaired) electrons. The van der Waals surface area contributed by atoms with Crippen molar-refractivity contribution in [1.29, 1.82) is 0 Å². The zero-order valence-corrected chi connectivity index (χ0v) is 23.0. The van der Waals surface area contributed by atoms with Crippen molar-refractivity contribution >= 4 is 56.1 Å². The first-order valence-corrected chi connectivity index (χ1v) is 12.6. The van der Waals surface area contributed by atoms with Crippen molar-refractivity contribution in [1.82, 2.24) is 0 Å². The Kier molecular flexibility index (Phi) is 6.66. The second-order valence-corrected chi connectivity index (χ2v) is 12.0. The van der Waals surface area contributed by atoms with Gasteiger partial charge in [-0.15, -0.1) is 0 Å². The number of rotatable bonds is 3. The molecule has 0 spiro atoms. The summed E-state index contributed by atoms with van der Waals surface area (Å²) in [5.41, 5.74) is 0.0898. The molecule has 0 atom stereocenters. The molecule has 0 aliphatic carbocycles. The molecule has 0 aliphatic heterocycles. The van der Waals surface area contributed by atoms with Crippen molar-refractivity contribution in [2.75, 3.05) is 0 Å². The highest BCUT2D eigenvalue weighted by Crippen LogP contribution is 2.46. The van der Waals surface area contributed by atoms with Gasteiger partial charge in [0.2, 0.25) is 0 Å². The first kappa shape index (κ1) is 25.2. The third-order valence-corrected chi connectivity index (χ3v) is 6.39. The molecule has 4 rings (SSSR count). The third kappa shape index (κ3) is 5.20. The molecule has 0 amide bonds. The van der Waals surface area contributed by atoms with Crippen LogP contribution in [0.2, 0.25) is 0 Å². The number of fused-ring (bicyclic) bond motifs is 2. The van der Waals surface area contributed by atoms with Gasteiger partial charge < -0.3 is 9.47 Å². The van der Waals surface area contributed by atoms with Crippen LogP contribution in [0.4, 0.5) is 0 Å². The van der Waals surface area contributed by atoms with Crippen molar-refractivity contribution in [3.05, 3.63) is 70.3 Å². The smallest absolute Gasteiger partial charge is 0.316 e. The van der Waals surface area contributed by atoms with E-state index in [-0.39, 0.29) is 11.9 Å². The van der Waals surface area contributed by atoms with Crippen molar-refractivity contribution in [3.8, 4) is 22.6 Å². The summed E-state index contributed by atoms with van der Waals surface area (Å²) in [5, 5.41) is 3.82. The number of esters is 2. The van der Waals surface area contributed by atoms with Crippen molar-refractivity contribution in [2.45, 2.75) is 41.5 Å². The van der Waals surface area contributed by atoms with Gasteiger partial charge in [-0.3, -0.25) is 9.59 Å². The lowest BCUT2D eigenvalue weighted by Crippen LogP contribution is -2.26. The minimum Gasteiger partial charge on any atom is -0.425 e. The molecule has 0 N–H and O–H groups in total. The van der Waals surface area contributed by atoms with Crippen LogP contribution >= 0.6 is 22.6 Å². The maximum absolute atomic E-state index is 13.0. The minimum atomic E-state index is -0.682. The Balaban J connectivity index is 2.08. The lowest BCUT2D eigenvalue weighted by atomic mass is 9.91. The van der Waals surface area contributed by atoms with Crippen LogP contribution in [-0.2, 0) is 9.59 Å². The molecule has 0 saturated carbocycles. The van der Waals surface area contributed by atoms with E-state index in [1.807, 2.05) is 102 Å². The molecular weight excluding hydrogens is 551 g/mol. The van der Waals surface area contributed by atoms with E-state index in [4.69, 9.17) is 9.47 Å². The van der Waals surface area contributed by atoms with Gasteiger partial charge >= 0.3 is 11.9 Å². The van der Waals surface area contributed by atoms with Crippen LogP contribution < -0.4 is 9.47 Å². The van der Waals surface area contributed by atoms with Crippen LogP contribution in [0, 0.1) is 14.4 Å². The standard InChI is InChI=1S/C30H29IO4/c1-29(2,3)27(32)34-23-15-11-18-9-7-8-10-21(18)25(23)26-22-14-13-20(31)17-19(22)12-16-24(26)35-28(33)30(4,5)6/h7-17H,1-6H3. The molecule has 0 bridgehead atoms. The summed E-state index contributed by atoms with van der Waals surface area (Å²) in [5.74, 6) is 0.194. The SMILES string of the molecule is CC(C)(C)C(=O)Oc1ccc2ccccc2c1-c1c(OC(=O)C(C)(C)C)ccc2cc(I)ccc12. The lowest BCUT2D eigenvalue weighted by Gasteiger charge is -2.23. The van der Waals surface area contributed by atoms with Gasteiger partial charge in [-0.1, -0.05) is 42.5 Å². The molecule has 0 fully saturated rings. The van der Waals surface area contributed by atoms with E-state index in [2.05, 4.69) is 28.7 Å². The van der Waals surface area contributed by atoms with E-state index < -0.39 is 10.8 Å². The molecule has 5 heteroatoms. The van der Waals surface area contributed by atoms with Crippen LogP contribution in [0.15, 0.2) is 66.7 Å². The van der Waals surface area contributed by atoms with Gasteiger partial charge in [0.25, 0.3) is 0 Å². The van der Waals surface area contributed by atoms with Gasteiger partial charge in [-0.2, -0.15) is 0 Å². The summed E-state index contributed by atoms with van der Waals surface area (Å²) in [4.78, 5) is 25.9. The van der Waals surface area contributed by atoms with E-state index >= 15 is 0 Å². The summed E-state index contributed by atoms with van der Waals surface area (Å²) >= 11 is 2.28. The molecule has 0 saturated heterocycles. The maximum atomic E-state index is 13.0. The Bertz CT molecular complexity index is 1460. The Labute approximate surface area is 219 Å². The number of benzene rings is 4. The van der Waals surface area contributed by atoms with E-state index in [1.165, 1.54) is 0 Å². The minimum absolute atomic E-state index is 0.336. The molecular formula is C30H29IO4. The number of carbonyl (C=O) groups is 2. The van der Waals surface area contributed by atoms with Gasteiger partial charge in [0.05, 0.1) is 10.8 Å². The summed E-state index contributed by atoms with van der Waals surface area (Å²) in [6.45, 7) is 11.0. The number of hydrogen-bond donors (Lipinski definition) is 0. The van der Waals surface area contributed by atoms with Crippen LogP contribution in [0.3, 0.4) is 0 Å². The predicted molar refractivity (Wildman–Crippen MR) is 150 cm³/mol. The Morgan fingerprint density at radius 1 is 0.629 bits per heavy atom. The Morgan fingerprint density at radius 2 is 1.11 bits per heavy atom. The van der Waals surface area contributed by atoms with Crippen molar-refractivity contribution in [2.24, 2.45) is 10.8 Å². The Morgan fingerprint density at radius 3 is 1.66 bits per heavy atom. The van der Waals surface area contributed by atoms with Gasteiger partial charge in [0.1, 0.15) is 11.5 Å². The van der Waals surface area contributed by atoms with E-state index in [1.54, 1.807) is 0 Å². The summed E-state index contributed by atoms with van der Waals surface area (Å²) in [6, 6.07) is 21.6. The fraction of sp³-hybridized carbons (Fsp3) is 0.267. The van der Waals surface area contributed by atoms with Gasteiger partial charge in [0.15, 0.2) is 0 Å². The fourth-order valence-electron chi connectivity index (χ4n) is 3.72. The monoisotopic (exact) mass is 580 g/mol. The third-order valence-electron chi connectivity index (χ3n) is 5.71. The number of hydrogen-bond acceptors (Lipinski definition) is 4. The molecule has 0 heterocycles. The average molecular weight is 580 g/mol. The van der Waals surface area contributed by atoms with Crippen molar-refractivity contribution in [3.63, 3.8) is 0 Å². The molecule has 4 nitrogen and oxygen atoms in total. The van der Waals surface area contributed by atoms with Crippen LogP contribution in [-0.4, -0.2) is 11.9 Å². The summed E-state index contributed by atoms with van der Waals surface area (Å²) in [6.07, 6.45) is 0. The fourth-order valence-corrected chi connectivity index (χ4v) is 4.24. The van der Waals surface area contributed by atoms with Gasteiger partial charge in [-0.05, 0) is 110 Å². The first-order valence-electron chi connectivity index (χ1n) is 11.6. The molecule has 35 heavy (non-hydrogen) atoms. The molecule has 4 aromatic carbocycles. The van der Waals surface area contributed by atoms with E-state index in [0.717, 1.165) is 36.2 Å². The molecule has 180 valence electrons. The number of carbonyl (C=O) groups excluding carboxylic acids is 2. The number of ether oxygens (including phenoxy) is 2. The average Bonchev–Trinajstić information content (AvgIpc) is 2.78. The second-order valence-electron chi connectivity index (χ2n) is 10.7. The molecule has 0 aliphatic rings. The van der Waals surface area contributed by atoms with Crippen LogP contribution in [0.25, 0.3) is 32.7 Å². The summed E-state index contributed by atoms with van der Waals surface area (Å²) in [7, 11) is 0. The maximum Gasteiger partial charge on any atom is 0.316 e. The number of halogens is 1. The topological polar surface area (TPSA) is 52.6 Å².